The quantitative estimate of drug-likeness (QED) is 0.586. The molecule has 0 fully saturated rings. The van der Waals surface area contributed by atoms with Gasteiger partial charge in [0.15, 0.2) is 4.80 Å². The van der Waals surface area contributed by atoms with Crippen LogP contribution >= 0.6 is 22.7 Å². The van der Waals surface area contributed by atoms with Gasteiger partial charge in [-0.2, -0.15) is 0 Å². The van der Waals surface area contributed by atoms with Gasteiger partial charge in [0.1, 0.15) is 6.04 Å². The molecule has 4 rings (SSSR count). The average Bonchev–Trinajstić information content (AvgIpc) is 3.36. The molecular formula is C22H21N3O3S2. The smallest absolute Gasteiger partial charge is 0.338 e. The molecule has 1 aliphatic rings. The monoisotopic (exact) mass is 439 g/mol. The Kier molecular flexibility index (Phi) is 5.44. The molecule has 0 spiro atoms. The number of hydrogen-bond donors (Lipinski definition) is 0. The third-order valence-electron chi connectivity index (χ3n) is 4.95. The summed E-state index contributed by atoms with van der Waals surface area (Å²) in [6.07, 6.45) is 1.87. The molecule has 154 valence electrons. The molecule has 3 heterocycles. The second-order valence-electron chi connectivity index (χ2n) is 7.07. The van der Waals surface area contributed by atoms with E-state index in [4.69, 9.17) is 4.74 Å². The third-order valence-corrected chi connectivity index (χ3v) is 6.85. The fourth-order valence-electron chi connectivity index (χ4n) is 3.43. The van der Waals surface area contributed by atoms with Gasteiger partial charge in [0, 0.05) is 24.7 Å². The van der Waals surface area contributed by atoms with E-state index >= 15 is 0 Å². The first-order valence-corrected chi connectivity index (χ1v) is 11.0. The predicted molar refractivity (Wildman–Crippen MR) is 121 cm³/mol. The van der Waals surface area contributed by atoms with E-state index in [1.807, 2.05) is 66.8 Å². The van der Waals surface area contributed by atoms with Crippen LogP contribution in [0.1, 0.15) is 23.4 Å². The lowest BCUT2D eigenvalue weighted by atomic mass is 10.0. The molecule has 0 aliphatic carbocycles. The molecule has 0 radical (unpaired) electrons. The molecular weight excluding hydrogens is 418 g/mol. The maximum Gasteiger partial charge on any atom is 0.338 e. The fourth-order valence-corrected chi connectivity index (χ4v) is 5.30. The van der Waals surface area contributed by atoms with Crippen LogP contribution in [0.3, 0.4) is 0 Å². The van der Waals surface area contributed by atoms with Gasteiger partial charge in [0.05, 0.1) is 22.9 Å². The summed E-state index contributed by atoms with van der Waals surface area (Å²) in [5.74, 6) is -0.469. The summed E-state index contributed by atoms with van der Waals surface area (Å²) in [6.45, 7) is 1.78. The van der Waals surface area contributed by atoms with E-state index in [9.17, 15) is 9.59 Å². The minimum atomic E-state index is -0.535. The Labute approximate surface area is 181 Å². The number of thiazole rings is 1. The second kappa shape index (κ2) is 8.04. The van der Waals surface area contributed by atoms with Crippen molar-refractivity contribution in [2.45, 2.75) is 13.0 Å². The minimum Gasteiger partial charge on any atom is -0.466 e. The van der Waals surface area contributed by atoms with Crippen molar-refractivity contribution in [2.24, 2.45) is 4.99 Å². The lowest BCUT2D eigenvalue weighted by Crippen LogP contribution is -2.39. The van der Waals surface area contributed by atoms with Crippen molar-refractivity contribution in [1.29, 1.82) is 0 Å². The van der Waals surface area contributed by atoms with E-state index < -0.39 is 12.0 Å². The molecule has 1 aromatic carbocycles. The maximum atomic E-state index is 13.4. The number of thiophene rings is 1. The van der Waals surface area contributed by atoms with Crippen molar-refractivity contribution in [3.05, 3.63) is 83.2 Å². The van der Waals surface area contributed by atoms with Gasteiger partial charge in [-0.1, -0.05) is 29.5 Å². The van der Waals surface area contributed by atoms with Gasteiger partial charge in [0.25, 0.3) is 5.56 Å². The number of methoxy groups -OCH3 is 1. The molecule has 0 saturated carbocycles. The number of allylic oxidation sites excluding steroid dienone is 1. The standard InChI is InChI=1S/C22H21N3O3S2/c1-13-18(21(27)28-4)19(16-6-5-11-29-16)25-20(26)17(30-22(25)23-13)12-14-7-9-15(10-8-14)24(2)3/h5-12,19H,1-4H3/t19-/m1/s1. The zero-order valence-corrected chi connectivity index (χ0v) is 18.7. The van der Waals surface area contributed by atoms with E-state index in [0.717, 1.165) is 16.1 Å². The maximum absolute atomic E-state index is 13.4. The van der Waals surface area contributed by atoms with Gasteiger partial charge in [-0.15, -0.1) is 11.3 Å². The first-order valence-electron chi connectivity index (χ1n) is 9.32. The molecule has 0 N–H and O–H groups in total. The van der Waals surface area contributed by atoms with Crippen LogP contribution in [-0.2, 0) is 9.53 Å². The molecule has 1 atom stereocenters. The van der Waals surface area contributed by atoms with Crippen LogP contribution in [0.25, 0.3) is 6.08 Å². The first-order chi connectivity index (χ1) is 14.4. The Morgan fingerprint density at radius 1 is 1.23 bits per heavy atom. The summed E-state index contributed by atoms with van der Waals surface area (Å²) >= 11 is 2.83. The lowest BCUT2D eigenvalue weighted by Gasteiger charge is -2.22. The number of esters is 1. The number of hydrogen-bond acceptors (Lipinski definition) is 7. The number of benzene rings is 1. The normalized spacial score (nSPS) is 16.3. The van der Waals surface area contributed by atoms with Gasteiger partial charge >= 0.3 is 5.97 Å². The highest BCUT2D eigenvalue weighted by atomic mass is 32.1. The summed E-state index contributed by atoms with van der Waals surface area (Å²) in [5.41, 5.74) is 2.83. The highest BCUT2D eigenvalue weighted by molar-refractivity contribution is 7.10. The molecule has 6 nitrogen and oxygen atoms in total. The zero-order valence-electron chi connectivity index (χ0n) is 17.1. The van der Waals surface area contributed by atoms with Crippen LogP contribution in [0.5, 0.6) is 0 Å². The van der Waals surface area contributed by atoms with Crippen molar-refractivity contribution in [1.82, 2.24) is 4.57 Å². The molecule has 3 aromatic rings. The fraction of sp³-hybridized carbons (Fsp3) is 0.227. The Morgan fingerprint density at radius 3 is 2.57 bits per heavy atom. The molecule has 30 heavy (non-hydrogen) atoms. The van der Waals surface area contributed by atoms with Crippen LogP contribution in [0.4, 0.5) is 5.69 Å². The topological polar surface area (TPSA) is 63.9 Å². The van der Waals surface area contributed by atoms with E-state index in [-0.39, 0.29) is 5.56 Å². The van der Waals surface area contributed by atoms with E-state index in [2.05, 4.69) is 4.99 Å². The number of ether oxygens (including phenoxy) is 1. The second-order valence-corrected chi connectivity index (χ2v) is 9.06. The third kappa shape index (κ3) is 3.53. The van der Waals surface area contributed by atoms with Gasteiger partial charge in [-0.3, -0.25) is 9.36 Å². The Bertz CT molecular complexity index is 1300. The van der Waals surface area contributed by atoms with Gasteiger partial charge in [-0.05, 0) is 42.1 Å². The first kappa shape index (κ1) is 20.3. The van der Waals surface area contributed by atoms with E-state index in [1.54, 1.807) is 11.5 Å². The summed E-state index contributed by atoms with van der Waals surface area (Å²) < 4.78 is 7.18. The average molecular weight is 440 g/mol. The molecule has 0 amide bonds. The van der Waals surface area contributed by atoms with Crippen LogP contribution in [0.2, 0.25) is 0 Å². The van der Waals surface area contributed by atoms with Crippen LogP contribution < -0.4 is 19.8 Å². The molecule has 8 heteroatoms. The number of anilines is 1. The van der Waals surface area contributed by atoms with Crippen LogP contribution in [-0.4, -0.2) is 31.7 Å². The Hall–Kier alpha value is -2.97. The largest absolute Gasteiger partial charge is 0.466 e. The van der Waals surface area contributed by atoms with E-state index in [0.29, 0.717) is 20.6 Å². The number of nitrogens with zero attached hydrogens (tertiary/aromatic N) is 3. The molecule has 2 aromatic heterocycles. The van der Waals surface area contributed by atoms with Crippen LogP contribution in [0, 0.1) is 0 Å². The molecule has 0 unspecified atom stereocenters. The van der Waals surface area contributed by atoms with E-state index in [1.165, 1.54) is 29.8 Å². The minimum absolute atomic E-state index is 0.164. The predicted octanol–water partition coefficient (Wildman–Crippen LogP) is 2.54. The molecule has 0 saturated heterocycles. The van der Waals surface area contributed by atoms with Crippen LogP contribution in [0.15, 0.2) is 62.8 Å². The Morgan fingerprint density at radius 2 is 1.97 bits per heavy atom. The Balaban J connectivity index is 1.89. The van der Waals surface area contributed by atoms with Gasteiger partial charge in [0.2, 0.25) is 0 Å². The number of carbonyl (C=O) groups is 1. The van der Waals surface area contributed by atoms with Crippen molar-refractivity contribution in [3.63, 3.8) is 0 Å². The SMILES string of the molecule is COC(=O)C1=C(C)N=c2sc(=Cc3ccc(N(C)C)cc3)c(=O)n2[C@@H]1c1cccs1. The van der Waals surface area contributed by atoms with Crippen molar-refractivity contribution in [3.8, 4) is 0 Å². The molecule has 0 bridgehead atoms. The zero-order chi connectivity index (χ0) is 21.4. The number of fused-ring (bicyclic) bond motifs is 1. The van der Waals surface area contributed by atoms with Crippen molar-refractivity contribution in [2.75, 3.05) is 26.1 Å². The summed E-state index contributed by atoms with van der Waals surface area (Å²) in [6, 6.07) is 11.3. The van der Waals surface area contributed by atoms with Gasteiger partial charge < -0.3 is 9.64 Å². The summed E-state index contributed by atoms with van der Waals surface area (Å²) in [5, 5.41) is 1.93. The van der Waals surface area contributed by atoms with Gasteiger partial charge in [-0.25, -0.2) is 9.79 Å². The molecule has 1 aliphatic heterocycles. The summed E-state index contributed by atoms with van der Waals surface area (Å²) in [7, 11) is 5.31. The number of aromatic nitrogens is 1. The summed E-state index contributed by atoms with van der Waals surface area (Å²) in [4.78, 5) is 34.0. The highest BCUT2D eigenvalue weighted by Gasteiger charge is 2.33. The number of carbonyl (C=O) groups excluding carboxylic acids is 1. The number of rotatable bonds is 4. The van der Waals surface area contributed by atoms with Crippen molar-refractivity contribution >= 4 is 40.4 Å². The highest BCUT2D eigenvalue weighted by Crippen LogP contribution is 2.32. The van der Waals surface area contributed by atoms with Crippen molar-refractivity contribution < 1.29 is 9.53 Å². The lowest BCUT2D eigenvalue weighted by molar-refractivity contribution is -0.136.